The minimum absolute atomic E-state index is 0.127. The molecule has 0 saturated carbocycles. The molecule has 0 fully saturated rings. The summed E-state index contributed by atoms with van der Waals surface area (Å²) >= 11 is 0. The van der Waals surface area contributed by atoms with Crippen molar-refractivity contribution in [2.45, 2.75) is 6.92 Å². The average molecular weight is 271 g/mol. The van der Waals surface area contributed by atoms with Crippen molar-refractivity contribution in [3.63, 3.8) is 0 Å². The predicted molar refractivity (Wildman–Crippen MR) is 70.7 cm³/mol. The standard InChI is InChI=1S/C14H13N3O3/c1-9(17)11(7-16)12(18)8-20-13-4-3-10(6-15)5-14(13)19-2/h3-5H,8,17H2,1-2H3/b11-9+. The van der Waals surface area contributed by atoms with Gasteiger partial charge in [-0.05, 0) is 19.1 Å². The van der Waals surface area contributed by atoms with E-state index in [-0.39, 0.29) is 17.9 Å². The first-order valence-electron chi connectivity index (χ1n) is 5.64. The molecule has 1 aromatic carbocycles. The highest BCUT2D eigenvalue weighted by Gasteiger charge is 2.14. The molecule has 0 atom stereocenters. The lowest BCUT2D eigenvalue weighted by molar-refractivity contribution is -0.117. The van der Waals surface area contributed by atoms with Crippen molar-refractivity contribution in [2.75, 3.05) is 13.7 Å². The van der Waals surface area contributed by atoms with Crippen molar-refractivity contribution in [1.29, 1.82) is 10.5 Å². The second kappa shape index (κ2) is 6.81. The molecule has 1 aromatic rings. The van der Waals surface area contributed by atoms with Crippen molar-refractivity contribution in [2.24, 2.45) is 5.73 Å². The van der Waals surface area contributed by atoms with E-state index in [4.69, 9.17) is 25.7 Å². The van der Waals surface area contributed by atoms with Crippen LogP contribution in [0.25, 0.3) is 0 Å². The fourth-order valence-corrected chi connectivity index (χ4v) is 1.44. The first-order valence-corrected chi connectivity index (χ1v) is 5.64. The zero-order valence-corrected chi connectivity index (χ0v) is 11.1. The molecule has 0 bridgehead atoms. The molecular weight excluding hydrogens is 258 g/mol. The molecule has 0 aliphatic heterocycles. The van der Waals surface area contributed by atoms with E-state index in [0.29, 0.717) is 17.1 Å². The number of hydrogen-bond acceptors (Lipinski definition) is 6. The third-order valence-corrected chi connectivity index (χ3v) is 2.44. The molecule has 0 spiro atoms. The summed E-state index contributed by atoms with van der Waals surface area (Å²) in [6.45, 7) is 1.14. The Kier molecular flexibility index (Phi) is 5.13. The molecule has 0 amide bonds. The number of allylic oxidation sites excluding steroid dienone is 1. The van der Waals surface area contributed by atoms with Gasteiger partial charge in [0.25, 0.3) is 0 Å². The minimum Gasteiger partial charge on any atom is -0.493 e. The largest absolute Gasteiger partial charge is 0.493 e. The van der Waals surface area contributed by atoms with Gasteiger partial charge in [0.2, 0.25) is 5.78 Å². The van der Waals surface area contributed by atoms with E-state index in [9.17, 15) is 4.79 Å². The molecule has 6 heteroatoms. The monoisotopic (exact) mass is 271 g/mol. The summed E-state index contributed by atoms with van der Waals surface area (Å²) < 4.78 is 10.4. The lowest BCUT2D eigenvalue weighted by Crippen LogP contribution is -2.16. The zero-order valence-electron chi connectivity index (χ0n) is 11.1. The predicted octanol–water partition coefficient (Wildman–Crippen LogP) is 1.27. The number of ketones is 1. The smallest absolute Gasteiger partial charge is 0.212 e. The number of methoxy groups -OCH3 is 1. The lowest BCUT2D eigenvalue weighted by atomic mass is 10.1. The van der Waals surface area contributed by atoms with Crippen LogP contribution in [0.5, 0.6) is 11.5 Å². The van der Waals surface area contributed by atoms with Crippen LogP contribution in [0.3, 0.4) is 0 Å². The van der Waals surface area contributed by atoms with Gasteiger partial charge in [-0.15, -0.1) is 0 Å². The first kappa shape index (κ1) is 15.1. The molecule has 0 heterocycles. The molecule has 0 radical (unpaired) electrons. The quantitative estimate of drug-likeness (QED) is 0.638. The Morgan fingerprint density at radius 1 is 1.35 bits per heavy atom. The number of carbonyl (C=O) groups excluding carboxylic acids is 1. The van der Waals surface area contributed by atoms with Gasteiger partial charge in [-0.25, -0.2) is 0 Å². The molecule has 1 rings (SSSR count). The molecule has 0 aliphatic rings. The van der Waals surface area contributed by atoms with Crippen LogP contribution in [0.1, 0.15) is 12.5 Å². The summed E-state index contributed by atoms with van der Waals surface area (Å²) in [5.41, 5.74) is 5.86. The van der Waals surface area contributed by atoms with Gasteiger partial charge in [0.1, 0.15) is 11.6 Å². The highest BCUT2D eigenvalue weighted by molar-refractivity contribution is 6.00. The number of nitrogens with zero attached hydrogens (tertiary/aromatic N) is 2. The van der Waals surface area contributed by atoms with Gasteiger partial charge in [0.05, 0.1) is 18.7 Å². The highest BCUT2D eigenvalue weighted by Crippen LogP contribution is 2.27. The second-order valence-corrected chi connectivity index (χ2v) is 3.86. The van der Waals surface area contributed by atoms with Crippen LogP contribution >= 0.6 is 0 Å². The van der Waals surface area contributed by atoms with Crippen LogP contribution in [0.15, 0.2) is 29.5 Å². The van der Waals surface area contributed by atoms with Gasteiger partial charge in [-0.2, -0.15) is 10.5 Å². The van der Waals surface area contributed by atoms with E-state index in [1.165, 1.54) is 32.2 Å². The fraction of sp³-hybridized carbons (Fsp3) is 0.214. The van der Waals surface area contributed by atoms with Gasteiger partial charge in [0.15, 0.2) is 18.1 Å². The summed E-state index contributed by atoms with van der Waals surface area (Å²) in [7, 11) is 1.43. The number of rotatable bonds is 5. The van der Waals surface area contributed by atoms with Crippen molar-refractivity contribution < 1.29 is 14.3 Å². The second-order valence-electron chi connectivity index (χ2n) is 3.86. The van der Waals surface area contributed by atoms with E-state index >= 15 is 0 Å². The molecule has 0 aliphatic carbocycles. The average Bonchev–Trinajstić information content (AvgIpc) is 2.45. The van der Waals surface area contributed by atoms with E-state index < -0.39 is 5.78 Å². The van der Waals surface area contributed by atoms with E-state index in [2.05, 4.69) is 0 Å². The van der Waals surface area contributed by atoms with E-state index in [0.717, 1.165) is 0 Å². The summed E-state index contributed by atoms with van der Waals surface area (Å²) in [4.78, 5) is 11.7. The number of hydrogen-bond donors (Lipinski definition) is 1. The Bertz CT molecular complexity index is 632. The molecule has 6 nitrogen and oxygen atoms in total. The molecule has 0 unspecified atom stereocenters. The van der Waals surface area contributed by atoms with Gasteiger partial charge < -0.3 is 15.2 Å². The maximum atomic E-state index is 11.7. The molecule has 0 saturated heterocycles. The van der Waals surface area contributed by atoms with Crippen LogP contribution < -0.4 is 15.2 Å². The zero-order chi connectivity index (χ0) is 15.1. The molecular formula is C14H13N3O3. The number of ether oxygens (including phenoxy) is 2. The normalized spacial score (nSPS) is 10.8. The van der Waals surface area contributed by atoms with Crippen LogP contribution in [0.4, 0.5) is 0 Å². The number of nitrogens with two attached hydrogens (primary N) is 1. The SMILES string of the molecule is COc1cc(C#N)ccc1OCC(=O)/C(C#N)=C(\C)N. The minimum atomic E-state index is -0.515. The summed E-state index contributed by atoms with van der Waals surface area (Å²) in [6, 6.07) is 8.26. The molecule has 2 N–H and O–H groups in total. The third-order valence-electron chi connectivity index (χ3n) is 2.44. The van der Waals surface area contributed by atoms with Crippen LogP contribution in [0.2, 0.25) is 0 Å². The summed E-state index contributed by atoms with van der Waals surface area (Å²) in [5.74, 6) is 0.134. The summed E-state index contributed by atoms with van der Waals surface area (Å²) in [5, 5.41) is 17.6. The van der Waals surface area contributed by atoms with Gasteiger partial charge in [0, 0.05) is 11.8 Å². The van der Waals surface area contributed by atoms with Crippen LogP contribution in [-0.4, -0.2) is 19.5 Å². The lowest BCUT2D eigenvalue weighted by Gasteiger charge is -2.10. The maximum Gasteiger partial charge on any atom is 0.212 e. The van der Waals surface area contributed by atoms with Gasteiger partial charge in [-0.1, -0.05) is 0 Å². The van der Waals surface area contributed by atoms with Gasteiger partial charge in [-0.3, -0.25) is 4.79 Å². The Morgan fingerprint density at radius 3 is 2.55 bits per heavy atom. The van der Waals surface area contributed by atoms with Crippen molar-refractivity contribution in [3.8, 4) is 23.6 Å². The Labute approximate surface area is 116 Å². The Balaban J connectivity index is 2.87. The third kappa shape index (κ3) is 3.50. The maximum absolute atomic E-state index is 11.7. The Hall–Kier alpha value is -2.99. The van der Waals surface area contributed by atoms with Crippen molar-refractivity contribution >= 4 is 5.78 Å². The van der Waals surface area contributed by atoms with Crippen molar-refractivity contribution in [1.82, 2.24) is 0 Å². The van der Waals surface area contributed by atoms with Crippen molar-refractivity contribution in [3.05, 3.63) is 35.0 Å². The number of benzene rings is 1. The molecule has 0 aromatic heterocycles. The van der Waals surface area contributed by atoms with Crippen LogP contribution in [0, 0.1) is 22.7 Å². The van der Waals surface area contributed by atoms with E-state index in [1.807, 2.05) is 6.07 Å². The number of nitriles is 2. The topological polar surface area (TPSA) is 109 Å². The van der Waals surface area contributed by atoms with Gasteiger partial charge >= 0.3 is 0 Å². The number of carbonyl (C=O) groups is 1. The molecule has 20 heavy (non-hydrogen) atoms. The van der Waals surface area contributed by atoms with Crippen LogP contribution in [-0.2, 0) is 4.79 Å². The summed E-state index contributed by atoms with van der Waals surface area (Å²) in [6.07, 6.45) is 0. The highest BCUT2D eigenvalue weighted by atomic mass is 16.5. The fourth-order valence-electron chi connectivity index (χ4n) is 1.44. The first-order chi connectivity index (χ1) is 9.53. The Morgan fingerprint density at radius 2 is 2.05 bits per heavy atom. The van der Waals surface area contributed by atoms with E-state index in [1.54, 1.807) is 6.07 Å². The molecule has 102 valence electrons. The number of Topliss-reactive ketones (excluding diaryl/α,β-unsaturated/α-hetero) is 1.